The number of amides is 1. The first-order chi connectivity index (χ1) is 14.2. The van der Waals surface area contributed by atoms with Gasteiger partial charge in [0.15, 0.2) is 6.19 Å². The average molecular weight is 385 g/mol. The maximum atomic E-state index is 12.9. The summed E-state index contributed by atoms with van der Waals surface area (Å²) in [7, 11) is 0. The predicted octanol–water partition coefficient (Wildman–Crippen LogP) is 3.25. The Morgan fingerprint density at radius 2 is 1.97 bits per heavy atom. The van der Waals surface area contributed by atoms with Gasteiger partial charge in [0.05, 0.1) is 30.4 Å². The van der Waals surface area contributed by atoms with Crippen molar-refractivity contribution in [2.75, 3.05) is 6.54 Å². The van der Waals surface area contributed by atoms with Crippen LogP contribution in [0.1, 0.15) is 17.4 Å². The molecule has 7 nitrogen and oxygen atoms in total. The number of benzene rings is 2. The molecule has 144 valence electrons. The molecule has 2 aliphatic heterocycles. The molecule has 2 fully saturated rings. The molecule has 0 saturated carbocycles. The summed E-state index contributed by atoms with van der Waals surface area (Å²) >= 11 is 0. The predicted molar refractivity (Wildman–Crippen MR) is 106 cm³/mol. The van der Waals surface area contributed by atoms with Crippen molar-refractivity contribution < 1.29 is 9.53 Å². The van der Waals surface area contributed by atoms with E-state index < -0.39 is 0 Å². The second kappa shape index (κ2) is 6.67. The number of hydrogen-bond donors (Lipinski definition) is 1. The van der Waals surface area contributed by atoms with Crippen molar-refractivity contribution in [3.8, 4) is 28.9 Å². The van der Waals surface area contributed by atoms with Gasteiger partial charge in [-0.3, -0.25) is 9.89 Å². The van der Waals surface area contributed by atoms with E-state index in [9.17, 15) is 4.79 Å². The number of piperazine rings is 1. The van der Waals surface area contributed by atoms with Crippen molar-refractivity contribution in [2.45, 2.75) is 25.0 Å². The van der Waals surface area contributed by atoms with E-state index in [1.807, 2.05) is 66.4 Å². The highest BCUT2D eigenvalue weighted by Crippen LogP contribution is 2.41. The van der Waals surface area contributed by atoms with Crippen LogP contribution in [-0.2, 0) is 0 Å². The minimum absolute atomic E-state index is 0.0522. The standard InChI is InChI=1S/C22H19N5O2/c1-14-21-19(12-26(14)13-23)27(21)22(28)18-11-17(24-25-18)16-9-5-6-10-20(16)29-15-7-3-2-4-8-15/h2-11,14,19,21H,12H2,1H3,(H,24,25)/t14?,19?,21-,27?/m0/s1. The molecule has 5 rings (SSSR count). The summed E-state index contributed by atoms with van der Waals surface area (Å²) in [6.07, 6.45) is 2.19. The molecule has 7 heteroatoms. The van der Waals surface area contributed by atoms with Crippen molar-refractivity contribution in [1.29, 1.82) is 5.26 Å². The zero-order valence-corrected chi connectivity index (χ0v) is 15.8. The van der Waals surface area contributed by atoms with E-state index in [0.717, 1.165) is 11.3 Å². The summed E-state index contributed by atoms with van der Waals surface area (Å²) < 4.78 is 6.01. The van der Waals surface area contributed by atoms with Crippen LogP contribution in [0.5, 0.6) is 11.5 Å². The lowest BCUT2D eigenvalue weighted by Gasteiger charge is -2.20. The van der Waals surface area contributed by atoms with Crippen LogP contribution in [0.15, 0.2) is 60.7 Å². The number of fused-ring (bicyclic) bond motifs is 1. The first-order valence-electron chi connectivity index (χ1n) is 9.54. The van der Waals surface area contributed by atoms with Gasteiger partial charge in [0, 0.05) is 5.56 Å². The molecule has 1 aromatic heterocycles. The van der Waals surface area contributed by atoms with E-state index in [4.69, 9.17) is 10.00 Å². The highest BCUT2D eigenvalue weighted by molar-refractivity contribution is 5.96. The smallest absolute Gasteiger partial charge is 0.272 e. The fourth-order valence-corrected chi connectivity index (χ4v) is 4.11. The molecule has 0 bridgehead atoms. The van der Waals surface area contributed by atoms with Crippen molar-refractivity contribution in [2.24, 2.45) is 0 Å². The number of rotatable bonds is 4. The molecular weight excluding hydrogens is 366 g/mol. The van der Waals surface area contributed by atoms with E-state index >= 15 is 0 Å². The van der Waals surface area contributed by atoms with Crippen LogP contribution in [0, 0.1) is 11.5 Å². The van der Waals surface area contributed by atoms with Crippen LogP contribution < -0.4 is 4.74 Å². The highest BCUT2D eigenvalue weighted by Gasteiger charge is 2.60. The molecule has 0 aliphatic carbocycles. The third-order valence-corrected chi connectivity index (χ3v) is 5.66. The number of carbonyl (C=O) groups is 1. The zero-order valence-electron chi connectivity index (χ0n) is 15.8. The summed E-state index contributed by atoms with van der Waals surface area (Å²) in [6.45, 7) is 2.58. The van der Waals surface area contributed by atoms with Crippen LogP contribution in [0.4, 0.5) is 0 Å². The number of carbonyl (C=O) groups excluding carboxylic acids is 1. The zero-order chi connectivity index (χ0) is 20.0. The summed E-state index contributed by atoms with van der Waals surface area (Å²) in [5, 5.41) is 16.3. The van der Waals surface area contributed by atoms with E-state index in [2.05, 4.69) is 16.4 Å². The molecule has 0 spiro atoms. The second-order valence-corrected chi connectivity index (χ2v) is 7.34. The van der Waals surface area contributed by atoms with Gasteiger partial charge in [0.2, 0.25) is 0 Å². The van der Waals surface area contributed by atoms with Gasteiger partial charge in [-0.1, -0.05) is 30.3 Å². The second-order valence-electron chi connectivity index (χ2n) is 7.34. The Hall–Kier alpha value is -3.79. The average Bonchev–Trinajstić information content (AvgIpc) is 3.07. The van der Waals surface area contributed by atoms with Crippen LogP contribution in [-0.4, -0.2) is 50.6 Å². The number of aromatic amines is 1. The van der Waals surface area contributed by atoms with Crippen molar-refractivity contribution in [1.82, 2.24) is 20.0 Å². The quantitative estimate of drug-likeness (QED) is 0.550. The minimum Gasteiger partial charge on any atom is -0.457 e. The molecule has 3 atom stereocenters. The first kappa shape index (κ1) is 17.3. The maximum Gasteiger partial charge on any atom is 0.272 e. The van der Waals surface area contributed by atoms with Gasteiger partial charge in [0.1, 0.15) is 17.2 Å². The minimum atomic E-state index is -0.0790. The third-order valence-electron chi connectivity index (χ3n) is 5.66. The lowest BCUT2D eigenvalue weighted by atomic mass is 10.1. The SMILES string of the molecule is CC1[C@H]2C(CN1C#N)N2C(=O)c1cc(-c2ccccc2Oc2ccccc2)n[nH]1. The van der Waals surface area contributed by atoms with Gasteiger partial charge in [-0.15, -0.1) is 0 Å². The van der Waals surface area contributed by atoms with Crippen LogP contribution in [0.25, 0.3) is 11.3 Å². The Kier molecular flexibility index (Phi) is 3.98. The molecule has 0 radical (unpaired) electrons. The number of H-pyrrole nitrogens is 1. The number of nitrogens with one attached hydrogen (secondary N) is 1. The van der Waals surface area contributed by atoms with E-state index in [1.54, 1.807) is 11.0 Å². The number of aromatic nitrogens is 2. The molecule has 29 heavy (non-hydrogen) atoms. The Morgan fingerprint density at radius 1 is 1.21 bits per heavy atom. The molecule has 2 saturated heterocycles. The van der Waals surface area contributed by atoms with E-state index in [-0.39, 0.29) is 24.0 Å². The molecule has 1 amide bonds. The van der Waals surface area contributed by atoms with E-state index in [1.165, 1.54) is 0 Å². The number of para-hydroxylation sites is 2. The maximum absolute atomic E-state index is 12.9. The molecule has 2 aromatic carbocycles. The summed E-state index contributed by atoms with van der Waals surface area (Å²) in [5.41, 5.74) is 1.90. The first-order valence-corrected chi connectivity index (χ1v) is 9.54. The van der Waals surface area contributed by atoms with Gasteiger partial charge < -0.3 is 14.5 Å². The normalized spacial score (nSPS) is 22.1. The van der Waals surface area contributed by atoms with Crippen molar-refractivity contribution in [3.05, 3.63) is 66.4 Å². The molecule has 3 aromatic rings. The van der Waals surface area contributed by atoms with Gasteiger partial charge >= 0.3 is 0 Å². The molecule has 3 heterocycles. The summed E-state index contributed by atoms with van der Waals surface area (Å²) in [4.78, 5) is 16.5. The van der Waals surface area contributed by atoms with Gasteiger partial charge in [0.25, 0.3) is 5.91 Å². The Labute approximate surface area is 168 Å². The largest absolute Gasteiger partial charge is 0.457 e. The van der Waals surface area contributed by atoms with Crippen LogP contribution in [0.2, 0.25) is 0 Å². The summed E-state index contributed by atoms with van der Waals surface area (Å²) in [5.74, 6) is 1.33. The van der Waals surface area contributed by atoms with Gasteiger partial charge in [-0.2, -0.15) is 10.4 Å². The van der Waals surface area contributed by atoms with Crippen molar-refractivity contribution >= 4 is 5.91 Å². The van der Waals surface area contributed by atoms with Crippen LogP contribution in [0.3, 0.4) is 0 Å². The monoisotopic (exact) mass is 385 g/mol. The Balaban J connectivity index is 1.37. The van der Waals surface area contributed by atoms with E-state index in [0.29, 0.717) is 23.7 Å². The Morgan fingerprint density at radius 3 is 2.69 bits per heavy atom. The fourth-order valence-electron chi connectivity index (χ4n) is 4.11. The number of ether oxygens (including phenoxy) is 1. The van der Waals surface area contributed by atoms with Crippen molar-refractivity contribution in [3.63, 3.8) is 0 Å². The lowest BCUT2D eigenvalue weighted by molar-refractivity contribution is 0.0827. The number of nitriles is 1. The van der Waals surface area contributed by atoms with Crippen LogP contribution >= 0.6 is 0 Å². The number of nitrogens with zero attached hydrogens (tertiary/aromatic N) is 4. The Bertz CT molecular complexity index is 1100. The summed E-state index contributed by atoms with van der Waals surface area (Å²) in [6, 6.07) is 19.2. The molecule has 2 unspecified atom stereocenters. The molecule has 2 aliphatic rings. The van der Waals surface area contributed by atoms with Gasteiger partial charge in [-0.05, 0) is 37.3 Å². The highest BCUT2D eigenvalue weighted by atomic mass is 16.5. The number of hydrogen-bond acceptors (Lipinski definition) is 5. The fraction of sp³-hybridized carbons (Fsp3) is 0.227. The molecule has 1 N–H and O–H groups in total. The topological polar surface area (TPSA) is 85.0 Å². The third kappa shape index (κ3) is 2.90. The number of likely N-dealkylation sites (tertiary alicyclic amines) is 1. The lowest BCUT2D eigenvalue weighted by Crippen LogP contribution is -2.35. The van der Waals surface area contributed by atoms with Gasteiger partial charge in [-0.25, -0.2) is 0 Å². The molecular formula is C22H19N5O2.